The molecule has 0 bridgehead atoms. The van der Waals surface area contributed by atoms with Crippen molar-refractivity contribution in [1.29, 1.82) is 0 Å². The summed E-state index contributed by atoms with van der Waals surface area (Å²) in [5.41, 5.74) is 1.64. The summed E-state index contributed by atoms with van der Waals surface area (Å²) in [7, 11) is -3.68. The molecule has 0 radical (unpaired) electrons. The number of ether oxygens (including phenoxy) is 1. The van der Waals surface area contributed by atoms with Crippen molar-refractivity contribution in [2.45, 2.75) is 20.4 Å². The van der Waals surface area contributed by atoms with Crippen molar-refractivity contribution in [3.05, 3.63) is 87.8 Å². The number of rotatable bonds is 6. The highest BCUT2D eigenvalue weighted by atomic mass is 32.2. The van der Waals surface area contributed by atoms with E-state index < -0.39 is 15.6 Å². The smallest absolute Gasteiger partial charge is 0.288 e. The van der Waals surface area contributed by atoms with Crippen LogP contribution in [0.4, 0.5) is 5.69 Å². The van der Waals surface area contributed by atoms with Crippen LogP contribution in [0.2, 0.25) is 0 Å². The third kappa shape index (κ3) is 4.78. The molecule has 0 aliphatic heterocycles. The topological polar surface area (TPSA) is 88.8 Å². The van der Waals surface area contributed by atoms with E-state index in [-0.39, 0.29) is 12.1 Å². The van der Waals surface area contributed by atoms with Gasteiger partial charge < -0.3 is 9.94 Å². The Morgan fingerprint density at radius 1 is 0.966 bits per heavy atom. The second-order valence-corrected chi connectivity index (χ2v) is 8.71. The Morgan fingerprint density at radius 3 is 2.07 bits per heavy atom. The molecule has 1 aromatic heterocycles. The average molecular weight is 414 g/mol. The molecular weight excluding hydrogens is 392 g/mol. The van der Waals surface area contributed by atoms with Crippen molar-refractivity contribution in [1.82, 2.24) is 4.73 Å². The lowest BCUT2D eigenvalue weighted by Gasteiger charge is -2.23. The summed E-state index contributed by atoms with van der Waals surface area (Å²) in [6.07, 6.45) is 2.29. The Balaban J connectivity index is 1.89. The molecule has 0 saturated heterocycles. The summed E-state index contributed by atoms with van der Waals surface area (Å²) in [5, 5.41) is 9.62. The summed E-state index contributed by atoms with van der Waals surface area (Å²) in [6.45, 7) is 3.48. The fraction of sp³-hybridized carbons (Fsp3) is 0.190. The molecule has 0 unspecified atom stereocenters. The highest BCUT2D eigenvalue weighted by Gasteiger charge is 2.21. The van der Waals surface area contributed by atoms with Gasteiger partial charge in [-0.3, -0.25) is 9.10 Å². The van der Waals surface area contributed by atoms with Crippen LogP contribution in [0.5, 0.6) is 11.5 Å². The van der Waals surface area contributed by atoms with Gasteiger partial charge >= 0.3 is 0 Å². The van der Waals surface area contributed by atoms with Crippen molar-refractivity contribution in [3.8, 4) is 11.5 Å². The minimum atomic E-state index is -3.68. The number of anilines is 1. The molecule has 3 aromatic rings. The van der Waals surface area contributed by atoms with E-state index in [0.717, 1.165) is 16.1 Å². The maximum atomic E-state index is 12.4. The maximum Gasteiger partial charge on any atom is 0.288 e. The number of aromatic nitrogens is 1. The van der Waals surface area contributed by atoms with Crippen LogP contribution in [-0.2, 0) is 16.6 Å². The Bertz CT molecular complexity index is 1170. The van der Waals surface area contributed by atoms with E-state index in [4.69, 9.17) is 4.74 Å². The fourth-order valence-electron chi connectivity index (χ4n) is 2.82. The number of hydrogen-bond acceptors (Lipinski definition) is 5. The van der Waals surface area contributed by atoms with Crippen LogP contribution in [-0.4, -0.2) is 24.6 Å². The van der Waals surface area contributed by atoms with Gasteiger partial charge in [-0.15, -0.1) is 0 Å². The molecule has 29 heavy (non-hydrogen) atoms. The van der Waals surface area contributed by atoms with Gasteiger partial charge in [0, 0.05) is 11.8 Å². The number of benzene rings is 2. The molecule has 0 saturated carbocycles. The maximum absolute atomic E-state index is 12.4. The van der Waals surface area contributed by atoms with E-state index in [1.54, 1.807) is 37.3 Å². The monoisotopic (exact) mass is 414 g/mol. The second kappa shape index (κ2) is 8.00. The first kappa shape index (κ1) is 20.5. The lowest BCUT2D eigenvalue weighted by molar-refractivity contribution is 0.173. The molecule has 0 spiro atoms. The Hall–Kier alpha value is -3.26. The van der Waals surface area contributed by atoms with E-state index in [0.29, 0.717) is 27.5 Å². The molecule has 0 aliphatic carbocycles. The first-order valence-corrected chi connectivity index (χ1v) is 10.7. The minimum absolute atomic E-state index is 0.191. The zero-order chi connectivity index (χ0) is 21.2. The molecule has 152 valence electrons. The van der Waals surface area contributed by atoms with Crippen LogP contribution in [0.1, 0.15) is 16.7 Å². The minimum Gasteiger partial charge on any atom is -0.457 e. The van der Waals surface area contributed by atoms with Gasteiger partial charge in [0.15, 0.2) is 0 Å². The predicted molar refractivity (Wildman–Crippen MR) is 111 cm³/mol. The summed E-state index contributed by atoms with van der Waals surface area (Å²) >= 11 is 0. The number of pyridine rings is 1. The molecule has 0 atom stereocenters. The summed E-state index contributed by atoms with van der Waals surface area (Å²) in [6, 6.07) is 15.7. The molecule has 0 amide bonds. The van der Waals surface area contributed by atoms with E-state index in [9.17, 15) is 18.4 Å². The van der Waals surface area contributed by atoms with Gasteiger partial charge in [0.2, 0.25) is 10.0 Å². The van der Waals surface area contributed by atoms with Gasteiger partial charge in [-0.25, -0.2) is 8.42 Å². The van der Waals surface area contributed by atoms with Crippen molar-refractivity contribution >= 4 is 15.7 Å². The molecule has 1 heterocycles. The lowest BCUT2D eigenvalue weighted by Crippen LogP contribution is -2.34. The fourth-order valence-corrected chi connectivity index (χ4v) is 3.68. The molecule has 8 heteroatoms. The SMILES string of the molecule is Cc1ccc(Oc2ccc(N(Cc3c(C)ccn(O)c3=O)S(C)(=O)=O)cc2)cc1. The quantitative estimate of drug-likeness (QED) is 0.624. The Labute approximate surface area is 169 Å². The molecule has 2 aromatic carbocycles. The van der Waals surface area contributed by atoms with Crippen molar-refractivity contribution in [2.75, 3.05) is 10.6 Å². The third-order valence-corrected chi connectivity index (χ3v) is 5.63. The van der Waals surface area contributed by atoms with E-state index in [1.807, 2.05) is 31.2 Å². The average Bonchev–Trinajstić information content (AvgIpc) is 2.67. The largest absolute Gasteiger partial charge is 0.457 e. The van der Waals surface area contributed by atoms with Crippen LogP contribution in [0.15, 0.2) is 65.6 Å². The second-order valence-electron chi connectivity index (χ2n) is 6.81. The molecule has 0 fully saturated rings. The third-order valence-electron chi connectivity index (χ3n) is 4.49. The number of nitrogens with zero attached hydrogens (tertiary/aromatic N) is 2. The van der Waals surface area contributed by atoms with Gasteiger partial charge in [-0.05, 0) is 61.9 Å². The van der Waals surface area contributed by atoms with E-state index in [2.05, 4.69) is 0 Å². The predicted octanol–water partition coefficient (Wildman–Crippen LogP) is 3.46. The zero-order valence-corrected chi connectivity index (χ0v) is 17.2. The summed E-state index contributed by atoms with van der Waals surface area (Å²) in [4.78, 5) is 12.2. The van der Waals surface area contributed by atoms with E-state index >= 15 is 0 Å². The zero-order valence-electron chi connectivity index (χ0n) is 16.4. The van der Waals surface area contributed by atoms with E-state index in [1.165, 1.54) is 6.20 Å². The molecule has 0 aliphatic rings. The van der Waals surface area contributed by atoms with Crippen LogP contribution in [0.25, 0.3) is 0 Å². The Kier molecular flexibility index (Phi) is 5.65. The molecule has 3 rings (SSSR count). The number of hydrogen-bond donors (Lipinski definition) is 1. The lowest BCUT2D eigenvalue weighted by atomic mass is 10.1. The highest BCUT2D eigenvalue weighted by molar-refractivity contribution is 7.92. The number of sulfonamides is 1. The van der Waals surface area contributed by atoms with Gasteiger partial charge in [0.05, 0.1) is 18.5 Å². The van der Waals surface area contributed by atoms with Crippen molar-refractivity contribution in [2.24, 2.45) is 0 Å². The first-order valence-electron chi connectivity index (χ1n) is 8.88. The summed E-state index contributed by atoms with van der Waals surface area (Å²) in [5.74, 6) is 1.23. The van der Waals surface area contributed by atoms with Crippen molar-refractivity contribution in [3.63, 3.8) is 0 Å². The van der Waals surface area contributed by atoms with Gasteiger partial charge in [0.25, 0.3) is 5.56 Å². The highest BCUT2D eigenvalue weighted by Crippen LogP contribution is 2.27. The summed E-state index contributed by atoms with van der Waals surface area (Å²) < 4.78 is 32.1. The molecule has 7 nitrogen and oxygen atoms in total. The number of aryl methyl sites for hydroxylation is 2. The molecular formula is C21H22N2O5S. The normalized spacial score (nSPS) is 11.3. The standard InChI is InChI=1S/C21H22N2O5S/c1-15-4-8-18(9-5-15)28-19-10-6-17(7-11-19)23(29(3,26)27)14-20-16(2)12-13-22(25)21(20)24/h4-13,25H,14H2,1-3H3. The van der Waals surface area contributed by atoms with Gasteiger partial charge in [-0.2, -0.15) is 4.73 Å². The van der Waals surface area contributed by atoms with Crippen LogP contribution in [0.3, 0.4) is 0 Å². The van der Waals surface area contributed by atoms with Crippen LogP contribution in [0, 0.1) is 13.8 Å². The Morgan fingerprint density at radius 2 is 1.52 bits per heavy atom. The van der Waals surface area contributed by atoms with Gasteiger partial charge in [0.1, 0.15) is 11.5 Å². The van der Waals surface area contributed by atoms with Crippen molar-refractivity contribution < 1.29 is 18.4 Å². The van der Waals surface area contributed by atoms with Crippen LogP contribution < -0.4 is 14.6 Å². The van der Waals surface area contributed by atoms with Gasteiger partial charge in [-0.1, -0.05) is 17.7 Å². The van der Waals surface area contributed by atoms with Crippen LogP contribution >= 0.6 is 0 Å². The molecule has 1 N–H and O–H groups in total. The first-order chi connectivity index (χ1) is 13.6.